The summed E-state index contributed by atoms with van der Waals surface area (Å²) in [7, 11) is 1.94. The Morgan fingerprint density at radius 2 is 1.81 bits per heavy atom. The third-order valence-corrected chi connectivity index (χ3v) is 6.98. The van der Waals surface area contributed by atoms with Gasteiger partial charge < -0.3 is 9.47 Å². The summed E-state index contributed by atoms with van der Waals surface area (Å²) in [6.45, 7) is 4.29. The van der Waals surface area contributed by atoms with Gasteiger partial charge >= 0.3 is 0 Å². The van der Waals surface area contributed by atoms with Crippen molar-refractivity contribution in [1.82, 2.24) is 24.2 Å². The van der Waals surface area contributed by atoms with Gasteiger partial charge in [-0.3, -0.25) is 14.5 Å². The first-order valence-corrected chi connectivity index (χ1v) is 11.3. The predicted octanol–water partition coefficient (Wildman–Crippen LogP) is 4.06. The molecule has 0 spiro atoms. The predicted molar refractivity (Wildman–Crippen MR) is 123 cm³/mol. The van der Waals surface area contributed by atoms with Crippen LogP contribution in [0.25, 0.3) is 32.9 Å². The van der Waals surface area contributed by atoms with Crippen LogP contribution in [0.3, 0.4) is 0 Å². The van der Waals surface area contributed by atoms with Crippen molar-refractivity contribution in [2.24, 2.45) is 7.05 Å². The highest BCUT2D eigenvalue weighted by Crippen LogP contribution is 2.32. The van der Waals surface area contributed by atoms with Gasteiger partial charge in [0, 0.05) is 61.8 Å². The number of aromatic nitrogens is 4. The zero-order chi connectivity index (χ0) is 21.1. The molecule has 1 saturated carbocycles. The minimum atomic E-state index is 0.0836. The Labute approximate surface area is 181 Å². The van der Waals surface area contributed by atoms with E-state index in [2.05, 4.69) is 40.1 Å². The van der Waals surface area contributed by atoms with E-state index in [1.165, 1.54) is 12.8 Å². The standard InChI is InChI=1S/C25H27N5O/c1-16-11-18(12-19-15-28(2)27-24(16)19)23-13-17-5-10-30(25(31)22(17)14-26-23)21-6-8-29(9-7-21)20-3-4-20/h5,10-15,20-21H,3-4,6-9H2,1-2H3. The SMILES string of the molecule is Cc1cc(-c2cc3ccn(C4CCN(C5CC5)CC4)c(=O)c3cn2)cc2cn(C)nc12. The second-order valence-electron chi connectivity index (χ2n) is 9.22. The minimum absolute atomic E-state index is 0.0836. The van der Waals surface area contributed by atoms with E-state index in [9.17, 15) is 4.79 Å². The van der Waals surface area contributed by atoms with Crippen LogP contribution in [0.1, 0.15) is 37.3 Å². The summed E-state index contributed by atoms with van der Waals surface area (Å²) in [4.78, 5) is 20.5. The fourth-order valence-corrected chi connectivity index (χ4v) is 5.15. The number of aryl methyl sites for hydroxylation is 2. The zero-order valence-electron chi connectivity index (χ0n) is 18.1. The van der Waals surface area contributed by atoms with Crippen molar-refractivity contribution in [3.05, 3.63) is 58.8 Å². The summed E-state index contributed by atoms with van der Waals surface area (Å²) >= 11 is 0. The van der Waals surface area contributed by atoms with Crippen LogP contribution in [0.4, 0.5) is 0 Å². The van der Waals surface area contributed by atoms with Crippen molar-refractivity contribution in [3.8, 4) is 11.3 Å². The number of benzene rings is 1. The molecule has 0 atom stereocenters. The van der Waals surface area contributed by atoms with Gasteiger partial charge in [0.15, 0.2) is 0 Å². The first-order valence-electron chi connectivity index (χ1n) is 11.3. The Balaban J connectivity index is 1.34. The fraction of sp³-hybridized carbons (Fsp3) is 0.400. The van der Waals surface area contributed by atoms with Crippen LogP contribution < -0.4 is 5.56 Å². The fourth-order valence-electron chi connectivity index (χ4n) is 5.15. The van der Waals surface area contributed by atoms with Crippen LogP contribution in [-0.4, -0.2) is 43.4 Å². The first kappa shape index (κ1) is 18.8. The van der Waals surface area contributed by atoms with Crippen molar-refractivity contribution < 1.29 is 0 Å². The highest BCUT2D eigenvalue weighted by molar-refractivity contribution is 5.89. The molecule has 158 valence electrons. The molecule has 31 heavy (non-hydrogen) atoms. The van der Waals surface area contributed by atoms with E-state index in [4.69, 9.17) is 0 Å². The summed E-state index contributed by atoms with van der Waals surface area (Å²) in [5, 5.41) is 7.29. The third-order valence-electron chi connectivity index (χ3n) is 6.98. The molecule has 1 aliphatic carbocycles. The summed E-state index contributed by atoms with van der Waals surface area (Å²) < 4.78 is 3.78. The van der Waals surface area contributed by atoms with Crippen molar-refractivity contribution in [2.45, 2.75) is 44.7 Å². The average molecular weight is 414 g/mol. The van der Waals surface area contributed by atoms with E-state index in [0.717, 1.165) is 65.1 Å². The zero-order valence-corrected chi connectivity index (χ0v) is 18.1. The molecular formula is C25H27N5O. The van der Waals surface area contributed by atoms with Gasteiger partial charge in [0.1, 0.15) is 0 Å². The number of likely N-dealkylation sites (tertiary alicyclic amines) is 1. The van der Waals surface area contributed by atoms with E-state index in [0.29, 0.717) is 11.4 Å². The lowest BCUT2D eigenvalue weighted by molar-refractivity contribution is 0.177. The lowest BCUT2D eigenvalue weighted by Crippen LogP contribution is -2.38. The third kappa shape index (κ3) is 3.26. The summed E-state index contributed by atoms with van der Waals surface area (Å²) in [6.07, 6.45) is 10.6. The Hall–Kier alpha value is -2.99. The number of nitrogens with zero attached hydrogens (tertiary/aromatic N) is 5. The number of piperidine rings is 1. The van der Waals surface area contributed by atoms with Crippen molar-refractivity contribution in [2.75, 3.05) is 13.1 Å². The van der Waals surface area contributed by atoms with Gasteiger partial charge in [-0.05, 0) is 67.8 Å². The van der Waals surface area contributed by atoms with E-state index < -0.39 is 0 Å². The molecule has 1 aromatic carbocycles. The molecule has 2 fully saturated rings. The maximum atomic E-state index is 13.2. The lowest BCUT2D eigenvalue weighted by Gasteiger charge is -2.33. The van der Waals surface area contributed by atoms with Gasteiger partial charge in [-0.1, -0.05) is 0 Å². The Kier molecular flexibility index (Phi) is 4.25. The molecule has 2 aliphatic rings. The number of fused-ring (bicyclic) bond motifs is 2. The maximum absolute atomic E-state index is 13.2. The largest absolute Gasteiger partial charge is 0.312 e. The Bertz CT molecular complexity index is 1360. The summed E-state index contributed by atoms with van der Waals surface area (Å²) in [5.41, 5.74) is 4.17. The normalized spacial score (nSPS) is 18.3. The van der Waals surface area contributed by atoms with Crippen LogP contribution in [0.15, 0.2) is 47.7 Å². The molecule has 6 nitrogen and oxygen atoms in total. The molecule has 0 radical (unpaired) electrons. The van der Waals surface area contributed by atoms with Crippen LogP contribution in [0, 0.1) is 6.92 Å². The number of hydrogen-bond acceptors (Lipinski definition) is 4. The molecule has 6 rings (SSSR count). The topological polar surface area (TPSA) is 56.0 Å². The van der Waals surface area contributed by atoms with E-state index in [1.54, 1.807) is 6.20 Å². The quantitative estimate of drug-likeness (QED) is 0.508. The van der Waals surface area contributed by atoms with Gasteiger partial charge in [-0.15, -0.1) is 0 Å². The molecule has 4 aromatic rings. The van der Waals surface area contributed by atoms with Crippen LogP contribution >= 0.6 is 0 Å². The molecule has 0 N–H and O–H groups in total. The molecule has 6 heteroatoms. The second kappa shape index (κ2) is 7.02. The van der Waals surface area contributed by atoms with Crippen LogP contribution in [0.2, 0.25) is 0 Å². The maximum Gasteiger partial charge on any atom is 0.260 e. The molecular weight excluding hydrogens is 386 g/mol. The molecule has 4 heterocycles. The highest BCUT2D eigenvalue weighted by Gasteiger charge is 2.32. The van der Waals surface area contributed by atoms with Gasteiger partial charge in [0.25, 0.3) is 5.56 Å². The number of rotatable bonds is 3. The minimum Gasteiger partial charge on any atom is -0.312 e. The molecule has 0 unspecified atom stereocenters. The van der Waals surface area contributed by atoms with Gasteiger partial charge in [0.2, 0.25) is 0 Å². The average Bonchev–Trinajstić information content (AvgIpc) is 3.55. The monoisotopic (exact) mass is 413 g/mol. The summed E-state index contributed by atoms with van der Waals surface area (Å²) in [6, 6.07) is 9.46. The van der Waals surface area contributed by atoms with Gasteiger partial charge in [-0.2, -0.15) is 5.10 Å². The van der Waals surface area contributed by atoms with E-state index >= 15 is 0 Å². The smallest absolute Gasteiger partial charge is 0.260 e. The highest BCUT2D eigenvalue weighted by atomic mass is 16.1. The van der Waals surface area contributed by atoms with Crippen LogP contribution in [-0.2, 0) is 7.05 Å². The molecule has 3 aromatic heterocycles. The molecule has 1 saturated heterocycles. The number of pyridine rings is 2. The van der Waals surface area contributed by atoms with E-state index in [-0.39, 0.29) is 5.56 Å². The first-order chi connectivity index (χ1) is 15.1. The van der Waals surface area contributed by atoms with Gasteiger partial charge in [-0.25, -0.2) is 0 Å². The van der Waals surface area contributed by atoms with Crippen molar-refractivity contribution >= 4 is 21.7 Å². The molecule has 0 amide bonds. The van der Waals surface area contributed by atoms with Crippen LogP contribution in [0.5, 0.6) is 0 Å². The number of hydrogen-bond donors (Lipinski definition) is 0. The van der Waals surface area contributed by atoms with E-state index in [1.807, 2.05) is 34.8 Å². The lowest BCUT2D eigenvalue weighted by atomic mass is 10.0. The second-order valence-corrected chi connectivity index (χ2v) is 9.22. The van der Waals surface area contributed by atoms with Crippen molar-refractivity contribution in [3.63, 3.8) is 0 Å². The van der Waals surface area contributed by atoms with Gasteiger partial charge in [0.05, 0.1) is 16.6 Å². The molecule has 1 aliphatic heterocycles. The summed E-state index contributed by atoms with van der Waals surface area (Å²) in [5.74, 6) is 0. The molecule has 0 bridgehead atoms. The Morgan fingerprint density at radius 3 is 2.58 bits per heavy atom. The Morgan fingerprint density at radius 1 is 1.00 bits per heavy atom. The van der Waals surface area contributed by atoms with Crippen molar-refractivity contribution in [1.29, 1.82) is 0 Å².